The van der Waals surface area contributed by atoms with Crippen LogP contribution in [-0.2, 0) is 0 Å². The van der Waals surface area contributed by atoms with E-state index >= 15 is 0 Å². The molecule has 0 amide bonds. The summed E-state index contributed by atoms with van der Waals surface area (Å²) < 4.78 is 3.02. The summed E-state index contributed by atoms with van der Waals surface area (Å²) in [5.74, 6) is 0. The Balaban J connectivity index is 2.00. The van der Waals surface area contributed by atoms with Crippen LogP contribution in [0, 0.1) is 0 Å². The molecule has 2 nitrogen and oxygen atoms in total. The van der Waals surface area contributed by atoms with Crippen molar-refractivity contribution in [3.8, 4) is 0 Å². The van der Waals surface area contributed by atoms with Gasteiger partial charge in [0.05, 0.1) is 28.6 Å². The summed E-state index contributed by atoms with van der Waals surface area (Å²) in [4.78, 5) is 2.37. The van der Waals surface area contributed by atoms with Gasteiger partial charge in [0.2, 0.25) is 0 Å². The third kappa shape index (κ3) is 4.84. The van der Waals surface area contributed by atoms with Crippen molar-refractivity contribution in [1.29, 1.82) is 0 Å². The van der Waals surface area contributed by atoms with E-state index in [-0.39, 0.29) is 0 Å². The van der Waals surface area contributed by atoms with Crippen molar-refractivity contribution < 1.29 is 0 Å². The fraction of sp³-hybridized carbons (Fsp3) is 0.375. The van der Waals surface area contributed by atoms with Crippen LogP contribution in [0.4, 0.5) is 0 Å². The lowest BCUT2D eigenvalue weighted by atomic mass is 10.5. The molecule has 118 valence electrons. The highest BCUT2D eigenvalue weighted by Crippen LogP contribution is 2.13. The number of rotatable bonds is 5. The van der Waals surface area contributed by atoms with Gasteiger partial charge in [-0.1, -0.05) is 51.4 Å². The van der Waals surface area contributed by atoms with E-state index < -0.39 is 16.1 Å². The molecule has 2 aromatic heterocycles. The molecular formula is C16H24N2S2Si2. The Morgan fingerprint density at radius 2 is 1.05 bits per heavy atom. The summed E-state index contributed by atoms with van der Waals surface area (Å²) in [5.41, 5.74) is 0. The average molecular weight is 365 g/mol. The molecule has 0 saturated heterocycles. The molecule has 0 atom stereocenters. The molecule has 0 aliphatic carbocycles. The molecule has 0 saturated carbocycles. The van der Waals surface area contributed by atoms with Crippen LogP contribution in [-0.4, -0.2) is 28.6 Å². The SMILES string of the molecule is C[Si](C)(C)c1ccc(/C=N/N=C/c2ccc([Si](C)(C)C)s2)s1. The van der Waals surface area contributed by atoms with E-state index in [4.69, 9.17) is 0 Å². The van der Waals surface area contributed by atoms with Crippen molar-refractivity contribution in [1.82, 2.24) is 0 Å². The Morgan fingerprint density at radius 1 is 0.682 bits per heavy atom. The second-order valence-electron chi connectivity index (χ2n) is 7.39. The lowest BCUT2D eigenvalue weighted by Crippen LogP contribution is -2.34. The maximum atomic E-state index is 4.19. The fourth-order valence-electron chi connectivity index (χ4n) is 1.83. The summed E-state index contributed by atoms with van der Waals surface area (Å²) in [6.07, 6.45) is 3.72. The van der Waals surface area contributed by atoms with Crippen LogP contribution in [0.3, 0.4) is 0 Å². The Bertz CT molecular complexity index is 625. The van der Waals surface area contributed by atoms with Crippen molar-refractivity contribution in [2.75, 3.05) is 0 Å². The Morgan fingerprint density at radius 3 is 1.32 bits per heavy atom. The standard InChI is InChI=1S/C16H24N2S2Si2/c1-21(2,3)15-9-7-13(19-15)11-17-18-12-14-8-10-16(20-14)22(4,5)6/h7-12H,1-6H3/b17-11+,18-12+. The largest absolute Gasteiger partial charge is 0.158 e. The molecule has 22 heavy (non-hydrogen) atoms. The van der Waals surface area contributed by atoms with Gasteiger partial charge in [0.15, 0.2) is 0 Å². The van der Waals surface area contributed by atoms with Gasteiger partial charge in [-0.15, -0.1) is 22.7 Å². The molecule has 0 unspecified atom stereocenters. The molecule has 2 rings (SSSR count). The average Bonchev–Trinajstić information content (AvgIpc) is 3.02. The second kappa shape index (κ2) is 6.74. The molecule has 0 bridgehead atoms. The van der Waals surface area contributed by atoms with E-state index in [0.717, 1.165) is 0 Å². The van der Waals surface area contributed by atoms with Crippen molar-refractivity contribution in [2.24, 2.45) is 10.2 Å². The van der Waals surface area contributed by atoms with Crippen LogP contribution in [0.25, 0.3) is 0 Å². The topological polar surface area (TPSA) is 24.7 Å². The first kappa shape index (κ1) is 17.5. The Hall–Kier alpha value is -0.826. The highest BCUT2D eigenvalue weighted by molar-refractivity contribution is 7.28. The number of hydrogen-bond acceptors (Lipinski definition) is 4. The molecule has 6 heteroatoms. The van der Waals surface area contributed by atoms with Crippen LogP contribution < -0.4 is 9.00 Å². The molecule has 0 N–H and O–H groups in total. The predicted molar refractivity (Wildman–Crippen MR) is 110 cm³/mol. The minimum Gasteiger partial charge on any atom is -0.158 e. The minimum atomic E-state index is -1.20. The van der Waals surface area contributed by atoms with Crippen LogP contribution >= 0.6 is 22.7 Å². The molecular weight excluding hydrogens is 340 g/mol. The summed E-state index contributed by atoms with van der Waals surface area (Å²) in [7, 11) is -2.41. The summed E-state index contributed by atoms with van der Waals surface area (Å²) in [6, 6.07) is 8.76. The molecule has 0 fully saturated rings. The number of nitrogens with zero attached hydrogens (tertiary/aromatic N) is 2. The molecule has 2 heterocycles. The molecule has 0 aromatic carbocycles. The van der Waals surface area contributed by atoms with E-state index in [0.29, 0.717) is 0 Å². The highest BCUT2D eigenvalue weighted by Gasteiger charge is 2.18. The van der Waals surface area contributed by atoms with Gasteiger partial charge >= 0.3 is 0 Å². The van der Waals surface area contributed by atoms with Gasteiger partial charge < -0.3 is 0 Å². The first-order valence-electron chi connectivity index (χ1n) is 7.43. The smallest absolute Gasteiger partial charge is 0.0904 e. The van der Waals surface area contributed by atoms with Crippen molar-refractivity contribution in [3.63, 3.8) is 0 Å². The van der Waals surface area contributed by atoms with Gasteiger partial charge in [-0.05, 0) is 21.1 Å². The van der Waals surface area contributed by atoms with Gasteiger partial charge in [0, 0.05) is 9.75 Å². The number of thiophene rings is 2. The van der Waals surface area contributed by atoms with Gasteiger partial charge in [-0.25, -0.2) is 0 Å². The summed E-state index contributed by atoms with van der Waals surface area (Å²) >= 11 is 3.68. The molecule has 0 radical (unpaired) electrons. The zero-order valence-corrected chi connectivity index (χ0v) is 17.8. The normalized spacial score (nSPS) is 13.5. The third-order valence-corrected chi connectivity index (χ3v) is 12.4. The molecule has 2 aromatic rings. The van der Waals surface area contributed by atoms with E-state index in [1.807, 2.05) is 35.1 Å². The summed E-state index contributed by atoms with van der Waals surface area (Å²) in [6.45, 7) is 14.2. The molecule has 0 aliphatic heterocycles. The zero-order chi connectivity index (χ0) is 16.4. The van der Waals surface area contributed by atoms with Gasteiger partial charge in [-0.3, -0.25) is 0 Å². The van der Waals surface area contributed by atoms with Crippen LogP contribution in [0.1, 0.15) is 9.75 Å². The van der Waals surface area contributed by atoms with Crippen LogP contribution in [0.2, 0.25) is 39.3 Å². The van der Waals surface area contributed by atoms with Crippen molar-refractivity contribution in [3.05, 3.63) is 34.0 Å². The van der Waals surface area contributed by atoms with Crippen LogP contribution in [0.5, 0.6) is 0 Å². The second-order valence-corrected chi connectivity index (χ2v) is 20.4. The van der Waals surface area contributed by atoms with E-state index in [2.05, 4.69) is 73.8 Å². The monoisotopic (exact) mass is 364 g/mol. The fourth-order valence-corrected chi connectivity index (χ4v) is 7.41. The van der Waals surface area contributed by atoms with E-state index in [1.165, 1.54) is 18.8 Å². The Kier molecular flexibility index (Phi) is 5.37. The van der Waals surface area contributed by atoms with Gasteiger partial charge in [0.25, 0.3) is 0 Å². The lowest BCUT2D eigenvalue weighted by molar-refractivity contribution is 1.27. The first-order valence-corrected chi connectivity index (χ1v) is 16.1. The van der Waals surface area contributed by atoms with Crippen molar-refractivity contribution >= 4 is 60.3 Å². The highest BCUT2D eigenvalue weighted by atomic mass is 32.1. The van der Waals surface area contributed by atoms with Gasteiger partial charge in [0.1, 0.15) is 0 Å². The maximum absolute atomic E-state index is 4.19. The minimum absolute atomic E-state index is 1.18. The molecule has 0 spiro atoms. The maximum Gasteiger partial charge on any atom is 0.0904 e. The lowest BCUT2D eigenvalue weighted by Gasteiger charge is -2.11. The third-order valence-electron chi connectivity index (χ3n) is 3.17. The summed E-state index contributed by atoms with van der Waals surface area (Å²) in [5, 5.41) is 8.38. The van der Waals surface area contributed by atoms with Crippen molar-refractivity contribution in [2.45, 2.75) is 39.3 Å². The predicted octanol–water partition coefficient (Wildman–Crippen LogP) is 4.35. The van der Waals surface area contributed by atoms with Crippen LogP contribution in [0.15, 0.2) is 34.5 Å². The zero-order valence-electron chi connectivity index (χ0n) is 14.2. The molecule has 0 aliphatic rings. The van der Waals surface area contributed by atoms with Gasteiger partial charge in [-0.2, -0.15) is 10.2 Å². The van der Waals surface area contributed by atoms with E-state index in [9.17, 15) is 0 Å². The first-order chi connectivity index (χ1) is 10.2. The Labute approximate surface area is 143 Å². The van der Waals surface area contributed by atoms with E-state index in [1.54, 1.807) is 0 Å². The number of hydrogen-bond donors (Lipinski definition) is 0. The quantitative estimate of drug-likeness (QED) is 0.428.